The number of halogens is 4. The van der Waals surface area contributed by atoms with Gasteiger partial charge in [0.05, 0.1) is 15.6 Å². The lowest BCUT2D eigenvalue weighted by atomic mass is 10.1. The first-order valence-corrected chi connectivity index (χ1v) is 9.25. The lowest BCUT2D eigenvalue weighted by Crippen LogP contribution is -2.04. The number of aliphatic carboxylic acids is 1. The second kappa shape index (κ2) is 8.80. The molecule has 0 radical (unpaired) electrons. The molecular formula is C20H15Cl2F2NO4. The normalized spacial score (nSPS) is 10.9. The maximum atomic E-state index is 14.3. The molecule has 29 heavy (non-hydrogen) atoms. The van der Waals surface area contributed by atoms with E-state index in [-0.39, 0.29) is 25.0 Å². The van der Waals surface area contributed by atoms with Crippen molar-refractivity contribution in [3.63, 3.8) is 0 Å². The number of carboxylic acids is 1. The number of ether oxygens (including phenoxy) is 1. The Hall–Kier alpha value is -2.64. The Morgan fingerprint density at radius 2 is 1.83 bits per heavy atom. The number of aryl methyl sites for hydroxylation is 2. The molecule has 0 saturated heterocycles. The highest BCUT2D eigenvalue weighted by molar-refractivity contribution is 6.39. The smallest absolute Gasteiger partial charge is 0.303 e. The molecule has 0 aliphatic heterocycles. The van der Waals surface area contributed by atoms with Gasteiger partial charge in [-0.05, 0) is 43.2 Å². The van der Waals surface area contributed by atoms with Crippen LogP contribution in [0.3, 0.4) is 0 Å². The molecule has 0 amide bonds. The Bertz CT molecular complexity index is 1030. The first-order valence-electron chi connectivity index (χ1n) is 8.50. The maximum Gasteiger partial charge on any atom is 0.303 e. The van der Waals surface area contributed by atoms with Gasteiger partial charge >= 0.3 is 5.97 Å². The van der Waals surface area contributed by atoms with Crippen LogP contribution in [0, 0.1) is 18.6 Å². The van der Waals surface area contributed by atoms with E-state index in [2.05, 4.69) is 5.16 Å². The Labute approximate surface area is 174 Å². The molecule has 152 valence electrons. The first kappa shape index (κ1) is 21.1. The summed E-state index contributed by atoms with van der Waals surface area (Å²) in [6, 6.07) is 7.04. The highest BCUT2D eigenvalue weighted by Crippen LogP contribution is 2.37. The van der Waals surface area contributed by atoms with Crippen LogP contribution in [-0.4, -0.2) is 16.2 Å². The van der Waals surface area contributed by atoms with Gasteiger partial charge < -0.3 is 14.4 Å². The minimum absolute atomic E-state index is 0.00334. The molecule has 0 fully saturated rings. The number of hydrogen-bond acceptors (Lipinski definition) is 4. The average molecular weight is 442 g/mol. The number of carbonyl (C=O) groups is 1. The maximum absolute atomic E-state index is 14.3. The van der Waals surface area contributed by atoms with E-state index in [4.69, 9.17) is 37.6 Å². The van der Waals surface area contributed by atoms with E-state index in [0.29, 0.717) is 32.6 Å². The van der Waals surface area contributed by atoms with E-state index < -0.39 is 23.4 Å². The van der Waals surface area contributed by atoms with E-state index >= 15 is 0 Å². The molecule has 3 rings (SSSR count). The summed E-state index contributed by atoms with van der Waals surface area (Å²) in [6.45, 7) is 1.39. The molecule has 0 aliphatic carbocycles. The van der Waals surface area contributed by atoms with Crippen LogP contribution in [0.1, 0.15) is 23.3 Å². The van der Waals surface area contributed by atoms with E-state index in [1.807, 2.05) is 0 Å². The fraction of sp³-hybridized carbons (Fsp3) is 0.200. The topological polar surface area (TPSA) is 72.6 Å². The van der Waals surface area contributed by atoms with Gasteiger partial charge in [-0.3, -0.25) is 4.79 Å². The van der Waals surface area contributed by atoms with Gasteiger partial charge in [0.25, 0.3) is 0 Å². The Balaban J connectivity index is 1.86. The molecule has 0 bridgehead atoms. The molecule has 1 aromatic heterocycles. The molecular weight excluding hydrogens is 427 g/mol. The zero-order valence-electron chi connectivity index (χ0n) is 15.1. The van der Waals surface area contributed by atoms with Gasteiger partial charge in [-0.2, -0.15) is 0 Å². The zero-order chi connectivity index (χ0) is 21.1. The molecule has 0 aliphatic rings. The van der Waals surface area contributed by atoms with Crippen molar-refractivity contribution < 1.29 is 27.9 Å². The highest BCUT2D eigenvalue weighted by atomic mass is 35.5. The van der Waals surface area contributed by atoms with E-state index in [1.165, 1.54) is 0 Å². The Morgan fingerprint density at radius 1 is 1.21 bits per heavy atom. The van der Waals surface area contributed by atoms with Gasteiger partial charge in [-0.25, -0.2) is 8.78 Å². The molecule has 1 N–H and O–H groups in total. The number of carboxylic acid groups (broad SMARTS) is 1. The number of nitrogens with zero attached hydrogens (tertiary/aromatic N) is 1. The lowest BCUT2D eigenvalue weighted by molar-refractivity contribution is -0.136. The Morgan fingerprint density at radius 3 is 2.41 bits per heavy atom. The molecule has 1 heterocycles. The van der Waals surface area contributed by atoms with Gasteiger partial charge in [0.15, 0.2) is 17.4 Å². The highest BCUT2D eigenvalue weighted by Gasteiger charge is 2.21. The van der Waals surface area contributed by atoms with Crippen LogP contribution in [0.2, 0.25) is 10.0 Å². The number of hydrogen-bond donors (Lipinski definition) is 1. The summed E-state index contributed by atoms with van der Waals surface area (Å²) in [7, 11) is 0. The van der Waals surface area contributed by atoms with E-state index in [0.717, 1.165) is 12.1 Å². The van der Waals surface area contributed by atoms with Crippen LogP contribution in [0.4, 0.5) is 8.78 Å². The molecule has 0 unspecified atom stereocenters. The summed E-state index contributed by atoms with van der Waals surface area (Å²) < 4.78 is 39.2. The third-order valence-corrected chi connectivity index (χ3v) is 4.86. The minimum Gasteiger partial charge on any atom is -0.483 e. The van der Waals surface area contributed by atoms with Crippen LogP contribution in [-0.2, 0) is 17.8 Å². The van der Waals surface area contributed by atoms with Crippen LogP contribution < -0.4 is 4.74 Å². The number of rotatable bonds is 7. The molecule has 0 atom stereocenters. The van der Waals surface area contributed by atoms with Crippen LogP contribution in [0.5, 0.6) is 5.75 Å². The summed E-state index contributed by atoms with van der Waals surface area (Å²) in [5.74, 6) is -3.12. The lowest BCUT2D eigenvalue weighted by Gasteiger charge is -2.11. The largest absolute Gasteiger partial charge is 0.483 e. The van der Waals surface area contributed by atoms with Crippen molar-refractivity contribution in [1.29, 1.82) is 0 Å². The first-order chi connectivity index (χ1) is 13.8. The molecule has 0 spiro atoms. The fourth-order valence-corrected chi connectivity index (χ4v) is 3.35. The van der Waals surface area contributed by atoms with Crippen LogP contribution in [0.15, 0.2) is 34.9 Å². The van der Waals surface area contributed by atoms with Gasteiger partial charge in [0.1, 0.15) is 18.1 Å². The monoisotopic (exact) mass is 441 g/mol. The Kier molecular flexibility index (Phi) is 6.39. The summed E-state index contributed by atoms with van der Waals surface area (Å²) in [5.41, 5.74) is 1.40. The molecule has 3 aromatic rings. The van der Waals surface area contributed by atoms with Crippen molar-refractivity contribution in [2.24, 2.45) is 0 Å². The number of benzene rings is 2. The molecule has 9 heteroatoms. The quantitative estimate of drug-likeness (QED) is 0.499. The van der Waals surface area contributed by atoms with Crippen molar-refractivity contribution >= 4 is 29.2 Å². The zero-order valence-corrected chi connectivity index (χ0v) is 16.7. The van der Waals surface area contributed by atoms with Gasteiger partial charge in [-0.1, -0.05) is 34.4 Å². The summed E-state index contributed by atoms with van der Waals surface area (Å²) in [5, 5.41) is 13.3. The molecule has 5 nitrogen and oxygen atoms in total. The summed E-state index contributed by atoms with van der Waals surface area (Å²) in [4.78, 5) is 10.6. The third-order valence-electron chi connectivity index (χ3n) is 4.23. The van der Waals surface area contributed by atoms with E-state index in [1.54, 1.807) is 25.1 Å². The van der Waals surface area contributed by atoms with E-state index in [9.17, 15) is 13.6 Å². The standard InChI is InChI=1S/C20H15Cl2F2NO4/c1-10-12(19(25-29-10)18-13(21)3-2-4-14(18)22)9-28-20-15(23)7-11(8-16(20)24)5-6-17(26)27/h2-4,7-8H,5-6,9H2,1H3,(H,26,27). The van der Waals surface area contributed by atoms with Crippen molar-refractivity contribution in [3.8, 4) is 17.0 Å². The summed E-state index contributed by atoms with van der Waals surface area (Å²) >= 11 is 12.4. The van der Waals surface area contributed by atoms with Gasteiger partial charge in [-0.15, -0.1) is 0 Å². The minimum atomic E-state index is -1.06. The average Bonchev–Trinajstić information content (AvgIpc) is 3.00. The van der Waals surface area contributed by atoms with Crippen molar-refractivity contribution in [3.05, 3.63) is 68.9 Å². The molecule has 2 aromatic carbocycles. The van der Waals surface area contributed by atoms with Gasteiger partial charge in [0.2, 0.25) is 0 Å². The van der Waals surface area contributed by atoms with Crippen LogP contribution in [0.25, 0.3) is 11.3 Å². The summed E-state index contributed by atoms with van der Waals surface area (Å²) in [6.07, 6.45) is -0.232. The molecule has 0 saturated carbocycles. The SMILES string of the molecule is Cc1onc(-c2c(Cl)cccc2Cl)c1COc1c(F)cc(CCC(=O)O)cc1F. The van der Waals surface area contributed by atoms with Crippen LogP contribution >= 0.6 is 23.2 Å². The van der Waals surface area contributed by atoms with Crippen molar-refractivity contribution in [2.45, 2.75) is 26.4 Å². The van der Waals surface area contributed by atoms with Crippen molar-refractivity contribution in [2.75, 3.05) is 0 Å². The predicted octanol–water partition coefficient (Wildman–Crippen LogP) is 5.83. The fourth-order valence-electron chi connectivity index (χ4n) is 2.77. The second-order valence-electron chi connectivity index (χ2n) is 6.23. The second-order valence-corrected chi connectivity index (χ2v) is 7.05. The predicted molar refractivity (Wildman–Crippen MR) is 103 cm³/mol. The van der Waals surface area contributed by atoms with Gasteiger partial charge in [0, 0.05) is 12.0 Å². The number of aromatic nitrogens is 1. The third kappa shape index (κ3) is 4.68. The van der Waals surface area contributed by atoms with Crippen molar-refractivity contribution in [1.82, 2.24) is 5.16 Å².